The van der Waals surface area contributed by atoms with Crippen molar-refractivity contribution in [3.8, 4) is 0 Å². The average molecular weight is 697 g/mol. The van der Waals surface area contributed by atoms with E-state index in [-0.39, 0.29) is 58.9 Å². The van der Waals surface area contributed by atoms with E-state index in [0.717, 1.165) is 44.5 Å². The van der Waals surface area contributed by atoms with Gasteiger partial charge in [0.25, 0.3) is 0 Å². The maximum Gasteiger partial charge on any atom is 0.316 e. The molecule has 0 saturated heterocycles. The van der Waals surface area contributed by atoms with Crippen LogP contribution >= 0.6 is 106 Å². The van der Waals surface area contributed by atoms with Crippen molar-refractivity contribution in [2.45, 2.75) is 0 Å². The molecule has 0 heterocycles. The highest BCUT2D eigenvalue weighted by molar-refractivity contribution is 8.22. The minimum absolute atomic E-state index is 0.0629. The van der Waals surface area contributed by atoms with Gasteiger partial charge in [-0.05, 0) is 0 Å². The Bertz CT molecular complexity index is 566. The van der Waals surface area contributed by atoms with Gasteiger partial charge in [-0.1, -0.05) is 23.5 Å². The summed E-state index contributed by atoms with van der Waals surface area (Å²) >= 11 is 12.9. The molecule has 10 nitrogen and oxygen atoms in total. The summed E-state index contributed by atoms with van der Waals surface area (Å²) in [5.41, 5.74) is 0. The molecule has 0 fully saturated rings. The highest BCUT2D eigenvalue weighted by Gasteiger charge is 2.06. The summed E-state index contributed by atoms with van der Waals surface area (Å²) < 4.78 is 14.9. The van der Waals surface area contributed by atoms with Crippen molar-refractivity contribution < 1.29 is 48.6 Å². The van der Waals surface area contributed by atoms with Crippen molar-refractivity contribution in [2.75, 3.05) is 85.6 Å². The molecule has 0 aliphatic carbocycles. The summed E-state index contributed by atoms with van der Waals surface area (Å²) in [6.07, 6.45) is 0. The van der Waals surface area contributed by atoms with E-state index in [1.54, 1.807) is 35.3 Å². The van der Waals surface area contributed by atoms with Crippen molar-refractivity contribution in [1.82, 2.24) is 0 Å². The van der Waals surface area contributed by atoms with E-state index in [9.17, 15) is 14.4 Å². The molecule has 2 N–H and O–H groups in total. The Morgan fingerprint density at radius 1 is 0.486 bits per heavy atom. The molecule has 0 atom stereocenters. The van der Waals surface area contributed by atoms with Crippen LogP contribution in [0.3, 0.4) is 0 Å². The van der Waals surface area contributed by atoms with Crippen molar-refractivity contribution in [2.24, 2.45) is 0 Å². The van der Waals surface area contributed by atoms with Crippen LogP contribution in [0, 0.1) is 0 Å². The molecule has 0 aromatic carbocycles. The molecule has 19 heteroatoms. The lowest BCUT2D eigenvalue weighted by Gasteiger charge is -2.06. The van der Waals surface area contributed by atoms with Crippen molar-refractivity contribution in [3.63, 3.8) is 0 Å². The molecule has 0 radical (unpaired) electrons. The Morgan fingerprint density at radius 2 is 0.919 bits per heavy atom. The first-order chi connectivity index (χ1) is 18.1. The molecule has 0 amide bonds. The Hall–Kier alpha value is 1.40. The number of aliphatic hydroxyl groups is 2. The summed E-state index contributed by atoms with van der Waals surface area (Å²) in [4.78, 5) is 44.6. The fraction of sp³-hybridized carbons (Fsp3) is 0.833. The second-order valence-electron chi connectivity index (χ2n) is 5.66. The van der Waals surface area contributed by atoms with Crippen LogP contribution in [0.25, 0.3) is 0 Å². The van der Waals surface area contributed by atoms with Gasteiger partial charge in [0, 0.05) is 26.1 Å². The predicted octanol–water partition coefficient (Wildman–Crippen LogP) is 3.72. The van der Waals surface area contributed by atoms with Gasteiger partial charge in [0.05, 0.1) is 35.7 Å². The van der Waals surface area contributed by atoms with Gasteiger partial charge in [-0.15, -0.1) is 82.3 Å². The Kier molecular flexibility index (Phi) is 33.1. The fourth-order valence-electron chi connectivity index (χ4n) is 1.51. The number of rotatable bonds is 28. The summed E-state index contributed by atoms with van der Waals surface area (Å²) in [5.74, 6) is 1.50. The van der Waals surface area contributed by atoms with E-state index >= 15 is 0 Å². The molecule has 37 heavy (non-hydrogen) atoms. The van der Waals surface area contributed by atoms with Gasteiger partial charge in [-0.2, -0.15) is 0 Å². The maximum atomic E-state index is 11.7. The monoisotopic (exact) mass is 696 g/mol. The topological polar surface area (TPSA) is 138 Å². The molecule has 0 aliphatic heterocycles. The maximum absolute atomic E-state index is 11.7. The second kappa shape index (κ2) is 31.9. The molecule has 0 saturated carbocycles. The molecule has 0 spiro atoms. The zero-order chi connectivity index (χ0) is 27.2. The van der Waals surface area contributed by atoms with E-state index in [4.69, 9.17) is 34.2 Å². The molecule has 0 aromatic rings. The van der Waals surface area contributed by atoms with Crippen molar-refractivity contribution >= 4 is 124 Å². The van der Waals surface area contributed by atoms with Crippen LogP contribution in [-0.4, -0.2) is 114 Å². The highest BCUT2D eigenvalue weighted by Crippen LogP contribution is 2.19. The SMILES string of the molecule is O=C(CSCSCCOOCSCSCSCOC(=O)CSCSCC(=O)OCSCO)OCSCO. The second-order valence-corrected chi connectivity index (χ2v) is 15.8. The number of hydrogen-bond acceptors (Lipinski definition) is 19. The number of thioether (sulfide) groups is 9. The number of hydrogen-bond donors (Lipinski definition) is 2. The van der Waals surface area contributed by atoms with Crippen LogP contribution in [0.5, 0.6) is 0 Å². The minimum atomic E-state index is -0.339. The van der Waals surface area contributed by atoms with Gasteiger partial charge in [0.2, 0.25) is 0 Å². The van der Waals surface area contributed by atoms with Crippen LogP contribution in [0.2, 0.25) is 0 Å². The van der Waals surface area contributed by atoms with E-state index in [2.05, 4.69) is 0 Å². The first-order valence-corrected chi connectivity index (χ1v) is 20.6. The molecule has 0 rings (SSSR count). The molecule has 0 aliphatic rings. The Morgan fingerprint density at radius 3 is 1.43 bits per heavy atom. The summed E-state index contributed by atoms with van der Waals surface area (Å²) in [6.45, 7) is 0.464. The van der Waals surface area contributed by atoms with Crippen LogP contribution in [-0.2, 0) is 38.4 Å². The number of carbonyl (C=O) groups is 3. The molecule has 218 valence electrons. The molecular formula is C18H32O10S9. The average Bonchev–Trinajstić information content (AvgIpc) is 2.88. The lowest BCUT2D eigenvalue weighted by molar-refractivity contribution is -0.274. The van der Waals surface area contributed by atoms with E-state index in [1.165, 1.54) is 47.0 Å². The van der Waals surface area contributed by atoms with Crippen LogP contribution < -0.4 is 0 Å². The first kappa shape index (κ1) is 38.4. The number of ether oxygens (including phenoxy) is 3. The lowest BCUT2D eigenvalue weighted by atomic mass is 10.8. The van der Waals surface area contributed by atoms with Gasteiger partial charge in [-0.25, -0.2) is 9.78 Å². The standard InChI is InChI=1S/C18H32O10S9/c19-6-33-8-24-16(21)3-30-12-29-2-1-27-28-11-36-15-37-14-35-10-26-18(23)5-32-13-31-4-17(22)25-9-34-7-20/h19-20H,1-15H2. The summed E-state index contributed by atoms with van der Waals surface area (Å²) in [5, 5.41) is 20.1. The Labute approximate surface area is 256 Å². The normalized spacial score (nSPS) is 10.9. The van der Waals surface area contributed by atoms with Gasteiger partial charge >= 0.3 is 17.9 Å². The van der Waals surface area contributed by atoms with E-state index in [0.29, 0.717) is 23.6 Å². The van der Waals surface area contributed by atoms with Gasteiger partial charge in [0.15, 0.2) is 0 Å². The quantitative estimate of drug-likeness (QED) is 0.0307. The van der Waals surface area contributed by atoms with Crippen LogP contribution in [0.4, 0.5) is 0 Å². The Balaban J connectivity index is 3.24. The predicted molar refractivity (Wildman–Crippen MR) is 166 cm³/mol. The molecular weight excluding hydrogens is 665 g/mol. The third kappa shape index (κ3) is 31.8. The van der Waals surface area contributed by atoms with Gasteiger partial charge < -0.3 is 24.4 Å². The van der Waals surface area contributed by atoms with E-state index < -0.39 is 0 Å². The smallest absolute Gasteiger partial charge is 0.316 e. The third-order valence-electron chi connectivity index (χ3n) is 2.94. The summed E-state index contributed by atoms with van der Waals surface area (Å²) in [7, 11) is 0. The number of esters is 3. The van der Waals surface area contributed by atoms with Crippen molar-refractivity contribution in [1.29, 1.82) is 0 Å². The molecule has 0 aromatic heterocycles. The zero-order valence-corrected chi connectivity index (χ0v) is 27.3. The fourth-order valence-corrected chi connectivity index (χ4v) is 8.16. The van der Waals surface area contributed by atoms with Gasteiger partial charge in [0.1, 0.15) is 23.8 Å². The molecule has 0 unspecified atom stereocenters. The largest absolute Gasteiger partial charge is 0.454 e. The van der Waals surface area contributed by atoms with E-state index in [1.807, 2.05) is 0 Å². The zero-order valence-electron chi connectivity index (χ0n) is 19.9. The van der Waals surface area contributed by atoms with Crippen molar-refractivity contribution in [3.05, 3.63) is 0 Å². The van der Waals surface area contributed by atoms with Crippen LogP contribution in [0.15, 0.2) is 0 Å². The number of aliphatic hydroxyl groups excluding tert-OH is 2. The van der Waals surface area contributed by atoms with Gasteiger partial charge in [-0.3, -0.25) is 14.4 Å². The molecule has 0 bridgehead atoms. The summed E-state index contributed by atoms with van der Waals surface area (Å²) in [6, 6.07) is 0. The minimum Gasteiger partial charge on any atom is -0.454 e. The highest BCUT2D eigenvalue weighted by atomic mass is 32.2. The lowest BCUT2D eigenvalue weighted by Crippen LogP contribution is -2.09. The van der Waals surface area contributed by atoms with Crippen LogP contribution in [0.1, 0.15) is 0 Å². The first-order valence-electron chi connectivity index (χ1n) is 10.2. The number of carbonyl (C=O) groups excluding carboxylic acids is 3. The third-order valence-corrected chi connectivity index (χ3v) is 11.5.